The molecule has 8 nitrogen and oxygen atoms in total. The summed E-state index contributed by atoms with van der Waals surface area (Å²) in [7, 11) is 0. The lowest BCUT2D eigenvalue weighted by molar-refractivity contribution is 0.171. The number of carbonyl (C=O) groups is 1. The van der Waals surface area contributed by atoms with Crippen molar-refractivity contribution in [2.24, 2.45) is 0 Å². The maximum Gasteiger partial charge on any atom is 0.322 e. The largest absolute Gasteiger partial charge is 0.486 e. The smallest absolute Gasteiger partial charge is 0.322 e. The summed E-state index contributed by atoms with van der Waals surface area (Å²) in [6, 6.07) is 24.7. The molecule has 0 spiro atoms. The molecule has 0 aliphatic carbocycles. The quantitative estimate of drug-likeness (QED) is 0.307. The zero-order valence-electron chi connectivity index (χ0n) is 21.8. The number of benzene rings is 3. The van der Waals surface area contributed by atoms with Gasteiger partial charge in [0, 0.05) is 23.5 Å². The highest BCUT2D eigenvalue weighted by molar-refractivity contribution is 5.90. The van der Waals surface area contributed by atoms with Crippen LogP contribution in [0.25, 0.3) is 11.5 Å². The number of aryl methyl sites for hydroxylation is 1. The van der Waals surface area contributed by atoms with Crippen LogP contribution in [0.4, 0.5) is 14.9 Å². The summed E-state index contributed by atoms with van der Waals surface area (Å²) in [6.07, 6.45) is 1.98. The molecule has 0 radical (unpaired) electrons. The molecule has 0 bridgehead atoms. The van der Waals surface area contributed by atoms with Gasteiger partial charge in [-0.05, 0) is 61.0 Å². The van der Waals surface area contributed by atoms with Crippen molar-refractivity contribution in [1.82, 2.24) is 19.2 Å². The first kappa shape index (κ1) is 24.0. The van der Waals surface area contributed by atoms with Crippen LogP contribution in [-0.2, 0) is 6.54 Å². The number of nitrogens with one attached hydrogen (secondary N) is 1. The molecule has 2 aliphatic rings. The molecule has 3 aromatic carbocycles. The van der Waals surface area contributed by atoms with Gasteiger partial charge in [-0.1, -0.05) is 30.3 Å². The van der Waals surface area contributed by atoms with Crippen molar-refractivity contribution in [3.05, 3.63) is 119 Å². The Kier molecular flexibility index (Phi) is 5.77. The van der Waals surface area contributed by atoms with Crippen molar-refractivity contribution in [2.75, 3.05) is 18.5 Å². The first-order chi connectivity index (χ1) is 19.6. The molecule has 200 valence electrons. The van der Waals surface area contributed by atoms with Gasteiger partial charge in [0.2, 0.25) is 0 Å². The molecule has 40 heavy (non-hydrogen) atoms. The normalized spacial score (nSPS) is 15.7. The van der Waals surface area contributed by atoms with Gasteiger partial charge in [0.15, 0.2) is 11.5 Å². The van der Waals surface area contributed by atoms with Crippen LogP contribution in [0.15, 0.2) is 91.1 Å². The fraction of sp³-hybridized carbons (Fsp3) is 0.161. The Morgan fingerprint density at radius 3 is 2.52 bits per heavy atom. The first-order valence-electron chi connectivity index (χ1n) is 13.1. The summed E-state index contributed by atoms with van der Waals surface area (Å²) >= 11 is 0. The molecule has 2 aromatic heterocycles. The van der Waals surface area contributed by atoms with Crippen LogP contribution >= 0.6 is 0 Å². The second kappa shape index (κ2) is 9.60. The van der Waals surface area contributed by atoms with E-state index in [-0.39, 0.29) is 18.4 Å². The number of hydrogen-bond acceptors (Lipinski definition) is 4. The monoisotopic (exact) mass is 535 g/mol. The fourth-order valence-electron chi connectivity index (χ4n) is 5.46. The van der Waals surface area contributed by atoms with E-state index in [0.717, 1.165) is 34.0 Å². The highest BCUT2D eigenvalue weighted by Gasteiger charge is 2.36. The third-order valence-electron chi connectivity index (χ3n) is 7.33. The summed E-state index contributed by atoms with van der Waals surface area (Å²) in [5, 5.41) is 7.93. The van der Waals surface area contributed by atoms with E-state index in [1.54, 1.807) is 35.2 Å². The van der Waals surface area contributed by atoms with E-state index in [2.05, 4.69) is 9.88 Å². The number of ether oxygens (including phenoxy) is 2. The fourth-order valence-corrected chi connectivity index (χ4v) is 5.46. The number of fused-ring (bicyclic) bond motifs is 4. The highest BCUT2D eigenvalue weighted by Crippen LogP contribution is 2.39. The summed E-state index contributed by atoms with van der Waals surface area (Å²) in [5.74, 6) is 1.77. The Morgan fingerprint density at radius 1 is 0.950 bits per heavy atom. The van der Waals surface area contributed by atoms with E-state index in [4.69, 9.17) is 14.6 Å². The van der Waals surface area contributed by atoms with E-state index in [9.17, 15) is 9.18 Å². The van der Waals surface area contributed by atoms with Gasteiger partial charge in [0.1, 0.15) is 24.8 Å². The Morgan fingerprint density at radius 2 is 1.73 bits per heavy atom. The van der Waals surface area contributed by atoms with Gasteiger partial charge >= 0.3 is 6.03 Å². The standard InChI is InChI=1S/C31H26FN5O3/c1-20-25-19-36(31(38)33-23-13-14-27-28(18-23)40-17-16-39-27)29(21-9-11-22(32)12-10-21)26-8-5-15-35(26)30(25)37(34-20)24-6-3-2-4-7-24/h2-15,18,29H,16-17,19H2,1H3,(H,33,38)/t29-/m1/s1. The number of anilines is 1. The van der Waals surface area contributed by atoms with Gasteiger partial charge in [0.25, 0.3) is 0 Å². The summed E-state index contributed by atoms with van der Waals surface area (Å²) in [4.78, 5) is 15.9. The van der Waals surface area contributed by atoms with Crippen LogP contribution in [-0.4, -0.2) is 38.5 Å². The van der Waals surface area contributed by atoms with E-state index >= 15 is 0 Å². The second-order valence-corrected chi connectivity index (χ2v) is 9.81. The molecule has 2 amide bonds. The van der Waals surface area contributed by atoms with Gasteiger partial charge in [0.05, 0.1) is 29.7 Å². The summed E-state index contributed by atoms with van der Waals surface area (Å²) in [5.41, 5.74) is 4.89. The number of carbonyl (C=O) groups excluding carboxylic acids is 1. The molecule has 9 heteroatoms. The Bertz CT molecular complexity index is 1710. The van der Waals surface area contributed by atoms with E-state index < -0.39 is 6.04 Å². The molecule has 0 saturated heterocycles. The predicted molar refractivity (Wildman–Crippen MR) is 148 cm³/mol. The number of halogens is 1. The lowest BCUT2D eigenvalue weighted by Crippen LogP contribution is -2.38. The van der Waals surface area contributed by atoms with Gasteiger partial charge < -0.3 is 24.3 Å². The number of rotatable bonds is 3. The minimum Gasteiger partial charge on any atom is -0.486 e. The van der Waals surface area contributed by atoms with Crippen LogP contribution in [0.3, 0.4) is 0 Å². The van der Waals surface area contributed by atoms with Gasteiger partial charge in [-0.25, -0.2) is 13.9 Å². The van der Waals surface area contributed by atoms with Gasteiger partial charge in [-0.2, -0.15) is 5.10 Å². The van der Waals surface area contributed by atoms with E-state index in [1.807, 2.05) is 60.3 Å². The molecule has 0 fully saturated rings. The van der Waals surface area contributed by atoms with E-state index in [0.29, 0.717) is 30.4 Å². The number of nitrogens with zero attached hydrogens (tertiary/aromatic N) is 4. The first-order valence-corrected chi connectivity index (χ1v) is 13.1. The van der Waals surface area contributed by atoms with Gasteiger partial charge in [-0.15, -0.1) is 0 Å². The molecule has 4 heterocycles. The molecular formula is C31H26FN5O3. The molecular weight excluding hydrogens is 509 g/mol. The molecule has 0 unspecified atom stereocenters. The lowest BCUT2D eigenvalue weighted by Gasteiger charge is -2.31. The number of amides is 2. The lowest BCUT2D eigenvalue weighted by atomic mass is 10.0. The van der Waals surface area contributed by atoms with Crippen LogP contribution in [0.2, 0.25) is 0 Å². The maximum atomic E-state index is 14.1. The molecule has 1 atom stereocenters. The van der Waals surface area contributed by atoms with Crippen LogP contribution < -0.4 is 14.8 Å². The Labute approximate surface area is 230 Å². The van der Waals surface area contributed by atoms with Crippen molar-refractivity contribution in [3.63, 3.8) is 0 Å². The van der Waals surface area contributed by atoms with Gasteiger partial charge in [-0.3, -0.25) is 0 Å². The van der Waals surface area contributed by atoms with Crippen LogP contribution in [0.1, 0.15) is 28.6 Å². The number of hydrogen-bond donors (Lipinski definition) is 1. The molecule has 2 aliphatic heterocycles. The van der Waals surface area contributed by atoms with Crippen molar-refractivity contribution < 1.29 is 18.7 Å². The topological polar surface area (TPSA) is 73.6 Å². The Hall–Kier alpha value is -5.05. The molecule has 7 rings (SSSR count). The van der Waals surface area contributed by atoms with Crippen molar-refractivity contribution in [3.8, 4) is 23.0 Å². The predicted octanol–water partition coefficient (Wildman–Crippen LogP) is 6.02. The minimum absolute atomic E-state index is 0.286. The third kappa shape index (κ3) is 4.07. The number of aromatic nitrogens is 3. The molecule has 5 aromatic rings. The SMILES string of the molecule is Cc1nn(-c2ccccc2)c2c1CN(C(=O)Nc1ccc3c(c1)OCCO3)[C@H](c1ccc(F)cc1)c1cccn1-2. The summed E-state index contributed by atoms with van der Waals surface area (Å²) in [6.45, 7) is 3.18. The van der Waals surface area contributed by atoms with Crippen LogP contribution in [0.5, 0.6) is 11.5 Å². The minimum atomic E-state index is -0.496. The van der Waals surface area contributed by atoms with E-state index in [1.165, 1.54) is 12.1 Å². The third-order valence-corrected chi connectivity index (χ3v) is 7.33. The average Bonchev–Trinajstić information content (AvgIpc) is 3.54. The van der Waals surface area contributed by atoms with Crippen molar-refractivity contribution >= 4 is 11.7 Å². The van der Waals surface area contributed by atoms with Crippen molar-refractivity contribution in [2.45, 2.75) is 19.5 Å². The molecule has 1 N–H and O–H groups in total. The number of urea groups is 1. The second-order valence-electron chi connectivity index (χ2n) is 9.81. The average molecular weight is 536 g/mol. The maximum absolute atomic E-state index is 14.1. The number of para-hydroxylation sites is 1. The van der Waals surface area contributed by atoms with Crippen LogP contribution in [0, 0.1) is 12.7 Å². The zero-order chi connectivity index (χ0) is 27.2. The summed E-state index contributed by atoms with van der Waals surface area (Å²) < 4.78 is 29.3. The van der Waals surface area contributed by atoms with Crippen molar-refractivity contribution in [1.29, 1.82) is 0 Å². The zero-order valence-corrected chi connectivity index (χ0v) is 21.8. The highest BCUT2D eigenvalue weighted by atomic mass is 19.1. The molecule has 0 saturated carbocycles. The Balaban J connectivity index is 1.36.